The number of piperidine rings is 1. The van der Waals surface area contributed by atoms with Gasteiger partial charge in [-0.05, 0) is 44.4 Å². The summed E-state index contributed by atoms with van der Waals surface area (Å²) in [7, 11) is -3.61. The molecule has 29 heavy (non-hydrogen) atoms. The number of ether oxygens (including phenoxy) is 1. The van der Waals surface area contributed by atoms with Crippen LogP contribution in [0.5, 0.6) is 0 Å². The lowest BCUT2D eigenvalue weighted by molar-refractivity contribution is -0.119. The highest BCUT2D eigenvalue weighted by molar-refractivity contribution is 7.89. The first-order valence-corrected chi connectivity index (χ1v) is 11.5. The molecule has 1 aromatic carbocycles. The first-order valence-electron chi connectivity index (χ1n) is 9.27. The van der Waals surface area contributed by atoms with Gasteiger partial charge < -0.3 is 10.1 Å². The molecule has 156 valence electrons. The summed E-state index contributed by atoms with van der Waals surface area (Å²) >= 11 is 1.18. The smallest absolute Gasteiger partial charge is 0.350 e. The highest BCUT2D eigenvalue weighted by Crippen LogP contribution is 2.25. The van der Waals surface area contributed by atoms with Crippen molar-refractivity contribution in [2.75, 3.05) is 25.0 Å². The zero-order valence-corrected chi connectivity index (χ0v) is 17.9. The van der Waals surface area contributed by atoms with Crippen LogP contribution in [0.25, 0.3) is 0 Å². The molecule has 2 aromatic rings. The van der Waals surface area contributed by atoms with Gasteiger partial charge in [0.2, 0.25) is 10.0 Å². The molecule has 0 atom stereocenters. The van der Waals surface area contributed by atoms with Crippen LogP contribution in [0.3, 0.4) is 0 Å². The number of nitrogens with zero attached hydrogens (tertiary/aromatic N) is 2. The summed E-state index contributed by atoms with van der Waals surface area (Å²) in [6, 6.07) is 4.64. The van der Waals surface area contributed by atoms with Crippen molar-refractivity contribution in [3.05, 3.63) is 39.8 Å². The number of hydrogen-bond acceptors (Lipinski definition) is 7. The van der Waals surface area contributed by atoms with Crippen LogP contribution < -0.4 is 5.32 Å². The summed E-state index contributed by atoms with van der Waals surface area (Å²) in [5, 5.41) is 3.35. The van der Waals surface area contributed by atoms with E-state index in [9.17, 15) is 18.0 Å². The summed E-state index contributed by atoms with van der Waals surface area (Å²) in [6.45, 7) is 4.06. The molecular formula is C19H23N3O5S2. The SMILES string of the molecule is Cc1ncc(C(=O)OCC(=O)Nc2cc(S(=O)(=O)N3CCCCC3)ccc2C)s1. The second kappa shape index (κ2) is 9.02. The van der Waals surface area contributed by atoms with Gasteiger partial charge in [0.1, 0.15) is 4.88 Å². The van der Waals surface area contributed by atoms with E-state index in [2.05, 4.69) is 10.3 Å². The second-order valence-corrected chi connectivity index (χ2v) is 9.98. The van der Waals surface area contributed by atoms with Gasteiger partial charge in [0.05, 0.1) is 16.1 Å². The first-order chi connectivity index (χ1) is 13.8. The highest BCUT2D eigenvalue weighted by atomic mass is 32.2. The topological polar surface area (TPSA) is 106 Å². The Balaban J connectivity index is 1.66. The Morgan fingerprint density at radius 2 is 1.93 bits per heavy atom. The molecule has 8 nitrogen and oxygen atoms in total. The van der Waals surface area contributed by atoms with Crippen molar-refractivity contribution in [1.29, 1.82) is 0 Å². The number of benzene rings is 1. The van der Waals surface area contributed by atoms with E-state index in [4.69, 9.17) is 4.74 Å². The molecule has 1 aliphatic rings. The fourth-order valence-corrected chi connectivity index (χ4v) is 5.21. The van der Waals surface area contributed by atoms with Crippen molar-refractivity contribution in [3.8, 4) is 0 Å². The van der Waals surface area contributed by atoms with Crippen molar-refractivity contribution in [3.63, 3.8) is 0 Å². The largest absolute Gasteiger partial charge is 0.451 e. The van der Waals surface area contributed by atoms with Crippen LogP contribution in [-0.2, 0) is 19.6 Å². The Labute approximate surface area is 173 Å². The summed E-state index contributed by atoms with van der Waals surface area (Å²) in [5.41, 5.74) is 1.08. The number of thiazole rings is 1. The number of aryl methyl sites for hydroxylation is 2. The lowest BCUT2D eigenvalue weighted by atomic mass is 10.2. The number of aromatic nitrogens is 1. The molecule has 0 spiro atoms. The molecule has 1 aromatic heterocycles. The van der Waals surface area contributed by atoms with Crippen LogP contribution in [0.2, 0.25) is 0 Å². The predicted molar refractivity (Wildman–Crippen MR) is 110 cm³/mol. The van der Waals surface area contributed by atoms with E-state index >= 15 is 0 Å². The number of hydrogen-bond donors (Lipinski definition) is 1. The minimum absolute atomic E-state index is 0.137. The summed E-state index contributed by atoms with van der Waals surface area (Å²) in [5.74, 6) is -1.17. The van der Waals surface area contributed by atoms with Gasteiger partial charge in [-0.25, -0.2) is 18.2 Å². The molecule has 0 bridgehead atoms. The zero-order chi connectivity index (χ0) is 21.0. The maximum atomic E-state index is 12.8. The second-order valence-electron chi connectivity index (χ2n) is 6.81. The molecule has 2 heterocycles. The van der Waals surface area contributed by atoms with Crippen LogP contribution in [0, 0.1) is 13.8 Å². The van der Waals surface area contributed by atoms with Crippen LogP contribution in [-0.4, -0.2) is 49.3 Å². The Kier molecular flexibility index (Phi) is 6.66. The van der Waals surface area contributed by atoms with E-state index < -0.39 is 28.5 Å². The maximum Gasteiger partial charge on any atom is 0.350 e. The molecule has 0 radical (unpaired) electrons. The zero-order valence-electron chi connectivity index (χ0n) is 16.3. The van der Waals surface area contributed by atoms with Gasteiger partial charge in [0, 0.05) is 18.8 Å². The number of esters is 1. The quantitative estimate of drug-likeness (QED) is 0.697. The van der Waals surface area contributed by atoms with E-state index in [1.165, 1.54) is 27.9 Å². The average Bonchev–Trinajstić information content (AvgIpc) is 3.15. The summed E-state index contributed by atoms with van der Waals surface area (Å²) < 4.78 is 32.2. The van der Waals surface area contributed by atoms with Gasteiger partial charge in [-0.3, -0.25) is 4.79 Å². The van der Waals surface area contributed by atoms with Crippen LogP contribution in [0.4, 0.5) is 5.69 Å². The molecule has 1 aliphatic heterocycles. The van der Waals surface area contributed by atoms with Crippen LogP contribution in [0.15, 0.2) is 29.3 Å². The van der Waals surface area contributed by atoms with Crippen molar-refractivity contribution in [2.45, 2.75) is 38.0 Å². The maximum absolute atomic E-state index is 12.8. The van der Waals surface area contributed by atoms with Gasteiger partial charge in [-0.15, -0.1) is 11.3 Å². The number of rotatable bonds is 6. The highest BCUT2D eigenvalue weighted by Gasteiger charge is 2.26. The Morgan fingerprint density at radius 3 is 2.59 bits per heavy atom. The Bertz CT molecular complexity index is 1010. The molecule has 3 rings (SSSR count). The number of anilines is 1. The van der Waals surface area contributed by atoms with Crippen molar-refractivity contribution < 1.29 is 22.7 Å². The Morgan fingerprint density at radius 1 is 1.21 bits per heavy atom. The van der Waals surface area contributed by atoms with E-state index in [0.29, 0.717) is 29.2 Å². The van der Waals surface area contributed by atoms with Crippen molar-refractivity contribution in [1.82, 2.24) is 9.29 Å². The molecule has 1 saturated heterocycles. The van der Waals surface area contributed by atoms with Gasteiger partial charge >= 0.3 is 5.97 Å². The minimum Gasteiger partial charge on any atom is -0.451 e. The number of carbonyl (C=O) groups excluding carboxylic acids is 2. The van der Waals surface area contributed by atoms with E-state index in [0.717, 1.165) is 24.3 Å². The minimum atomic E-state index is -3.61. The third-order valence-electron chi connectivity index (χ3n) is 4.59. The lowest BCUT2D eigenvalue weighted by Gasteiger charge is -2.26. The fourth-order valence-electron chi connectivity index (χ4n) is 2.99. The fraction of sp³-hybridized carbons (Fsp3) is 0.421. The molecule has 1 N–H and O–H groups in total. The van der Waals surface area contributed by atoms with Crippen molar-refractivity contribution in [2.24, 2.45) is 0 Å². The predicted octanol–water partition coefficient (Wildman–Crippen LogP) is 2.73. The van der Waals surface area contributed by atoms with E-state index in [1.54, 1.807) is 26.0 Å². The monoisotopic (exact) mass is 437 g/mol. The molecule has 1 amide bonds. The molecular weight excluding hydrogens is 414 g/mol. The molecule has 0 aliphatic carbocycles. The molecule has 0 saturated carbocycles. The van der Waals surface area contributed by atoms with Gasteiger partial charge in [0.25, 0.3) is 5.91 Å². The van der Waals surface area contributed by atoms with Gasteiger partial charge in [-0.2, -0.15) is 4.31 Å². The summed E-state index contributed by atoms with van der Waals surface area (Å²) in [4.78, 5) is 28.6. The van der Waals surface area contributed by atoms with Gasteiger partial charge in [0.15, 0.2) is 6.61 Å². The van der Waals surface area contributed by atoms with Crippen LogP contribution >= 0.6 is 11.3 Å². The molecule has 0 unspecified atom stereocenters. The first kappa shape index (κ1) is 21.4. The third-order valence-corrected chi connectivity index (χ3v) is 7.38. The van der Waals surface area contributed by atoms with E-state index in [-0.39, 0.29) is 4.90 Å². The number of amides is 1. The van der Waals surface area contributed by atoms with E-state index in [1.807, 2.05) is 0 Å². The Hall–Kier alpha value is -2.30. The van der Waals surface area contributed by atoms with Crippen molar-refractivity contribution >= 4 is 38.9 Å². The van der Waals surface area contributed by atoms with Gasteiger partial charge in [-0.1, -0.05) is 12.5 Å². The molecule has 10 heteroatoms. The van der Waals surface area contributed by atoms with Crippen LogP contribution in [0.1, 0.15) is 39.5 Å². The average molecular weight is 438 g/mol. The normalized spacial score (nSPS) is 15.1. The number of nitrogens with one attached hydrogen (secondary N) is 1. The molecule has 1 fully saturated rings. The standard InChI is InChI=1S/C19H23N3O5S2/c1-13-6-7-15(29(25,26)22-8-4-3-5-9-22)10-16(13)21-18(23)12-27-19(24)17-11-20-14(2)28-17/h6-7,10-11H,3-5,8-9,12H2,1-2H3,(H,21,23). The third kappa shape index (κ3) is 5.20. The lowest BCUT2D eigenvalue weighted by Crippen LogP contribution is -2.35. The number of carbonyl (C=O) groups is 2. The number of sulfonamides is 1. The summed E-state index contributed by atoms with van der Waals surface area (Å²) in [6.07, 6.45) is 4.12.